The second-order valence-electron chi connectivity index (χ2n) is 7.58. The molecule has 1 saturated heterocycles. The number of amides is 1. The van der Waals surface area contributed by atoms with Crippen molar-refractivity contribution in [3.8, 4) is 0 Å². The summed E-state index contributed by atoms with van der Waals surface area (Å²) in [6.07, 6.45) is 0. The SMILES string of the molecule is Cc1cc(N2CCN([C@@H](C)C(=O)Nc3ccc(Cl)cc3)CC2)nc(C(C)C)n1. The van der Waals surface area contributed by atoms with Gasteiger partial charge in [0.25, 0.3) is 0 Å². The van der Waals surface area contributed by atoms with Gasteiger partial charge in [0.1, 0.15) is 11.6 Å². The third-order valence-electron chi connectivity index (χ3n) is 5.05. The van der Waals surface area contributed by atoms with Crippen LogP contribution in [0.4, 0.5) is 11.5 Å². The molecule has 0 saturated carbocycles. The molecule has 1 aromatic heterocycles. The van der Waals surface area contributed by atoms with Gasteiger partial charge < -0.3 is 10.2 Å². The lowest BCUT2D eigenvalue weighted by atomic mass is 10.2. The molecule has 0 unspecified atom stereocenters. The molecule has 1 aliphatic heterocycles. The van der Waals surface area contributed by atoms with Crippen LogP contribution in [0.3, 0.4) is 0 Å². The van der Waals surface area contributed by atoms with Crippen molar-refractivity contribution in [3.05, 3.63) is 46.9 Å². The summed E-state index contributed by atoms with van der Waals surface area (Å²) >= 11 is 5.90. The number of aryl methyl sites for hydroxylation is 1. The highest BCUT2D eigenvalue weighted by atomic mass is 35.5. The lowest BCUT2D eigenvalue weighted by Crippen LogP contribution is -2.53. The molecule has 1 fully saturated rings. The Bertz CT molecular complexity index is 816. The zero-order valence-electron chi connectivity index (χ0n) is 16.9. The number of hydrogen-bond donors (Lipinski definition) is 1. The van der Waals surface area contributed by atoms with Crippen molar-refractivity contribution in [2.45, 2.75) is 39.7 Å². The predicted octanol–water partition coefficient (Wildman–Crippen LogP) is 3.71. The normalized spacial score (nSPS) is 16.3. The summed E-state index contributed by atoms with van der Waals surface area (Å²) in [5.74, 6) is 2.16. The van der Waals surface area contributed by atoms with Crippen LogP contribution in [-0.4, -0.2) is 53.0 Å². The molecule has 7 heteroatoms. The van der Waals surface area contributed by atoms with Gasteiger partial charge in [-0.05, 0) is 38.1 Å². The molecule has 1 aromatic carbocycles. The molecule has 2 aromatic rings. The van der Waals surface area contributed by atoms with E-state index in [4.69, 9.17) is 16.6 Å². The fraction of sp³-hybridized carbons (Fsp3) is 0.476. The van der Waals surface area contributed by atoms with E-state index in [1.165, 1.54) is 0 Å². The van der Waals surface area contributed by atoms with E-state index >= 15 is 0 Å². The fourth-order valence-corrected chi connectivity index (χ4v) is 3.40. The van der Waals surface area contributed by atoms with Gasteiger partial charge in [0.05, 0.1) is 6.04 Å². The van der Waals surface area contributed by atoms with Crippen molar-refractivity contribution < 1.29 is 4.79 Å². The quantitative estimate of drug-likeness (QED) is 0.827. The van der Waals surface area contributed by atoms with Gasteiger partial charge >= 0.3 is 0 Å². The number of hydrogen-bond acceptors (Lipinski definition) is 5. The van der Waals surface area contributed by atoms with Gasteiger partial charge in [0.15, 0.2) is 0 Å². The number of halogens is 1. The van der Waals surface area contributed by atoms with Crippen molar-refractivity contribution in [1.29, 1.82) is 0 Å². The highest BCUT2D eigenvalue weighted by molar-refractivity contribution is 6.30. The number of benzene rings is 1. The third-order valence-corrected chi connectivity index (χ3v) is 5.30. The maximum Gasteiger partial charge on any atom is 0.241 e. The maximum atomic E-state index is 12.6. The van der Waals surface area contributed by atoms with Crippen molar-refractivity contribution in [1.82, 2.24) is 14.9 Å². The average molecular weight is 402 g/mol. The van der Waals surface area contributed by atoms with Crippen molar-refractivity contribution >= 4 is 29.0 Å². The summed E-state index contributed by atoms with van der Waals surface area (Å²) < 4.78 is 0. The smallest absolute Gasteiger partial charge is 0.241 e. The Labute approximate surface area is 171 Å². The summed E-state index contributed by atoms with van der Waals surface area (Å²) in [5, 5.41) is 3.62. The first kappa shape index (κ1) is 20.6. The highest BCUT2D eigenvalue weighted by Crippen LogP contribution is 2.20. The lowest BCUT2D eigenvalue weighted by Gasteiger charge is -2.38. The summed E-state index contributed by atoms with van der Waals surface area (Å²) in [5.41, 5.74) is 1.75. The molecular weight excluding hydrogens is 374 g/mol. The van der Waals surface area contributed by atoms with E-state index in [9.17, 15) is 4.79 Å². The number of nitrogens with zero attached hydrogens (tertiary/aromatic N) is 4. The zero-order chi connectivity index (χ0) is 20.3. The number of aromatic nitrogens is 2. The first-order chi connectivity index (χ1) is 13.3. The van der Waals surface area contributed by atoms with E-state index in [-0.39, 0.29) is 11.9 Å². The van der Waals surface area contributed by atoms with Crippen LogP contribution in [0.1, 0.15) is 38.2 Å². The van der Waals surface area contributed by atoms with Crippen LogP contribution in [0.5, 0.6) is 0 Å². The largest absolute Gasteiger partial charge is 0.354 e. The van der Waals surface area contributed by atoms with Crippen LogP contribution in [0.25, 0.3) is 0 Å². The van der Waals surface area contributed by atoms with Crippen molar-refractivity contribution in [2.75, 3.05) is 36.4 Å². The molecule has 1 atom stereocenters. The van der Waals surface area contributed by atoms with E-state index in [0.29, 0.717) is 10.9 Å². The van der Waals surface area contributed by atoms with Crippen LogP contribution in [0.15, 0.2) is 30.3 Å². The molecule has 0 bridgehead atoms. The average Bonchev–Trinajstić information content (AvgIpc) is 2.68. The van der Waals surface area contributed by atoms with Crippen LogP contribution < -0.4 is 10.2 Å². The molecule has 6 nitrogen and oxygen atoms in total. The van der Waals surface area contributed by atoms with Crippen molar-refractivity contribution in [2.24, 2.45) is 0 Å². The Balaban J connectivity index is 1.58. The van der Waals surface area contributed by atoms with Gasteiger partial charge in [-0.15, -0.1) is 0 Å². The molecule has 0 aliphatic carbocycles. The van der Waals surface area contributed by atoms with Crippen molar-refractivity contribution in [3.63, 3.8) is 0 Å². The van der Waals surface area contributed by atoms with Gasteiger partial charge in [0, 0.05) is 54.6 Å². The summed E-state index contributed by atoms with van der Waals surface area (Å²) in [6, 6.07) is 9.02. The van der Waals surface area contributed by atoms with E-state index < -0.39 is 0 Å². The van der Waals surface area contributed by atoms with Gasteiger partial charge in [-0.2, -0.15) is 0 Å². The molecule has 0 radical (unpaired) electrons. The molecule has 1 amide bonds. The van der Waals surface area contributed by atoms with Gasteiger partial charge in [-0.3, -0.25) is 9.69 Å². The van der Waals surface area contributed by atoms with Crippen LogP contribution in [-0.2, 0) is 4.79 Å². The van der Waals surface area contributed by atoms with Gasteiger partial charge in [-0.25, -0.2) is 9.97 Å². The predicted molar refractivity (Wildman–Crippen MR) is 114 cm³/mol. The monoisotopic (exact) mass is 401 g/mol. The molecule has 150 valence electrons. The zero-order valence-corrected chi connectivity index (χ0v) is 17.7. The summed E-state index contributed by atoms with van der Waals surface area (Å²) in [4.78, 5) is 26.3. The second-order valence-corrected chi connectivity index (χ2v) is 8.01. The minimum Gasteiger partial charge on any atom is -0.354 e. The fourth-order valence-electron chi connectivity index (χ4n) is 3.28. The van der Waals surface area contributed by atoms with Gasteiger partial charge in [0.2, 0.25) is 5.91 Å². The molecule has 0 spiro atoms. The number of rotatable bonds is 5. The first-order valence-electron chi connectivity index (χ1n) is 9.74. The number of anilines is 2. The van der Waals surface area contributed by atoms with Crippen LogP contribution in [0, 0.1) is 6.92 Å². The molecule has 1 aliphatic rings. The highest BCUT2D eigenvalue weighted by Gasteiger charge is 2.26. The standard InChI is InChI=1S/C21H28ClN5O/c1-14(2)20-23-15(3)13-19(25-20)27-11-9-26(10-12-27)16(4)21(28)24-18-7-5-17(22)6-8-18/h5-8,13-14,16H,9-12H2,1-4H3,(H,24,28)/t16-/m0/s1. The van der Waals surface area contributed by atoms with E-state index in [2.05, 4.69) is 33.9 Å². The van der Waals surface area contributed by atoms with Crippen LogP contribution in [0.2, 0.25) is 5.02 Å². The van der Waals surface area contributed by atoms with Crippen LogP contribution >= 0.6 is 11.6 Å². The molecule has 28 heavy (non-hydrogen) atoms. The number of carbonyl (C=O) groups excluding carboxylic acids is 1. The summed E-state index contributed by atoms with van der Waals surface area (Å²) in [6.45, 7) is 11.5. The molecule has 3 rings (SSSR count). The van der Waals surface area contributed by atoms with E-state index in [0.717, 1.165) is 49.2 Å². The Morgan fingerprint density at radius 3 is 2.32 bits per heavy atom. The Kier molecular flexibility index (Phi) is 6.52. The second kappa shape index (κ2) is 8.88. The third kappa shape index (κ3) is 5.00. The number of carbonyl (C=O) groups is 1. The summed E-state index contributed by atoms with van der Waals surface area (Å²) in [7, 11) is 0. The van der Waals surface area contributed by atoms with Gasteiger partial charge in [-0.1, -0.05) is 25.4 Å². The number of piperazine rings is 1. The Morgan fingerprint density at radius 1 is 1.07 bits per heavy atom. The molecule has 2 heterocycles. The Morgan fingerprint density at radius 2 is 1.71 bits per heavy atom. The maximum absolute atomic E-state index is 12.6. The first-order valence-corrected chi connectivity index (χ1v) is 10.1. The van der Waals surface area contributed by atoms with E-state index in [1.807, 2.05) is 32.0 Å². The molecular formula is C21H28ClN5O. The minimum absolute atomic E-state index is 0.00394. The van der Waals surface area contributed by atoms with E-state index in [1.54, 1.807) is 12.1 Å². The molecule has 1 N–H and O–H groups in total. The topological polar surface area (TPSA) is 61.4 Å². The minimum atomic E-state index is -0.198. The number of nitrogens with one attached hydrogen (secondary N) is 1. The lowest BCUT2D eigenvalue weighted by molar-refractivity contribution is -0.120. The Hall–Kier alpha value is -2.18.